The Morgan fingerprint density at radius 1 is 1.45 bits per heavy atom. The minimum atomic E-state index is -1.22. The Bertz CT molecular complexity index is 617. The van der Waals surface area contributed by atoms with Gasteiger partial charge in [-0.25, -0.2) is 9.59 Å². The topological polar surface area (TPSA) is 99.4 Å². The SMILES string of the molecule is CC(C)(C)OC(=O)N[C@@H](Cc1cc(C#N)ccc1Cl)C(=O)O. The molecular formula is C15H17ClN2O4. The minimum Gasteiger partial charge on any atom is -0.480 e. The zero-order valence-corrected chi connectivity index (χ0v) is 13.3. The fourth-order valence-corrected chi connectivity index (χ4v) is 1.87. The van der Waals surface area contributed by atoms with Crippen LogP contribution in [0.4, 0.5) is 4.79 Å². The van der Waals surface area contributed by atoms with Crippen molar-refractivity contribution in [3.63, 3.8) is 0 Å². The Morgan fingerprint density at radius 2 is 2.09 bits per heavy atom. The molecule has 1 amide bonds. The van der Waals surface area contributed by atoms with Crippen molar-refractivity contribution in [3.05, 3.63) is 34.3 Å². The van der Waals surface area contributed by atoms with E-state index in [1.165, 1.54) is 18.2 Å². The van der Waals surface area contributed by atoms with Gasteiger partial charge < -0.3 is 15.2 Å². The molecular weight excluding hydrogens is 308 g/mol. The molecule has 0 fully saturated rings. The predicted octanol–water partition coefficient (Wildman–Crippen LogP) is 2.73. The monoisotopic (exact) mass is 324 g/mol. The van der Waals surface area contributed by atoms with Crippen molar-refractivity contribution >= 4 is 23.7 Å². The van der Waals surface area contributed by atoms with Gasteiger partial charge in [-0.3, -0.25) is 0 Å². The summed E-state index contributed by atoms with van der Waals surface area (Å²) in [7, 11) is 0. The van der Waals surface area contributed by atoms with E-state index in [2.05, 4.69) is 5.32 Å². The van der Waals surface area contributed by atoms with E-state index in [1.54, 1.807) is 20.8 Å². The van der Waals surface area contributed by atoms with Gasteiger partial charge in [-0.2, -0.15) is 5.26 Å². The number of nitrogens with zero attached hydrogens (tertiary/aromatic N) is 1. The number of aliphatic carboxylic acids is 1. The maximum Gasteiger partial charge on any atom is 0.408 e. The van der Waals surface area contributed by atoms with E-state index in [-0.39, 0.29) is 6.42 Å². The molecule has 1 atom stereocenters. The largest absolute Gasteiger partial charge is 0.480 e. The zero-order valence-electron chi connectivity index (χ0n) is 12.5. The van der Waals surface area contributed by atoms with E-state index in [1.807, 2.05) is 6.07 Å². The van der Waals surface area contributed by atoms with E-state index in [0.29, 0.717) is 16.1 Å². The van der Waals surface area contributed by atoms with E-state index < -0.39 is 23.7 Å². The number of carbonyl (C=O) groups is 2. The molecule has 0 saturated carbocycles. The Kier molecular flexibility index (Phi) is 5.77. The number of nitriles is 1. The van der Waals surface area contributed by atoms with Crippen LogP contribution in [0.25, 0.3) is 0 Å². The van der Waals surface area contributed by atoms with Crippen molar-refractivity contribution in [2.75, 3.05) is 0 Å². The Balaban J connectivity index is 2.88. The molecule has 0 aromatic heterocycles. The van der Waals surface area contributed by atoms with Gasteiger partial charge >= 0.3 is 12.1 Å². The van der Waals surface area contributed by atoms with Crippen LogP contribution in [-0.4, -0.2) is 28.8 Å². The molecule has 0 aliphatic rings. The van der Waals surface area contributed by atoms with Gasteiger partial charge in [0.1, 0.15) is 11.6 Å². The number of benzene rings is 1. The van der Waals surface area contributed by atoms with E-state index in [4.69, 9.17) is 21.6 Å². The first-order valence-corrected chi connectivity index (χ1v) is 6.91. The van der Waals surface area contributed by atoms with Gasteiger partial charge in [0.05, 0.1) is 11.6 Å². The summed E-state index contributed by atoms with van der Waals surface area (Å²) >= 11 is 6.00. The van der Waals surface area contributed by atoms with Gasteiger partial charge in [-0.05, 0) is 44.5 Å². The molecule has 0 aliphatic carbocycles. The summed E-state index contributed by atoms with van der Waals surface area (Å²) in [6.45, 7) is 5.03. The summed E-state index contributed by atoms with van der Waals surface area (Å²) in [6, 6.07) is 5.29. The molecule has 0 saturated heterocycles. The number of ether oxygens (including phenoxy) is 1. The summed E-state index contributed by atoms with van der Waals surface area (Å²) in [5.41, 5.74) is 0.0934. The Labute approximate surface area is 133 Å². The molecule has 1 rings (SSSR count). The molecule has 0 unspecified atom stereocenters. The van der Waals surface area contributed by atoms with Crippen molar-refractivity contribution in [2.45, 2.75) is 38.8 Å². The van der Waals surface area contributed by atoms with Gasteiger partial charge in [0.25, 0.3) is 0 Å². The van der Waals surface area contributed by atoms with Gasteiger partial charge in [-0.1, -0.05) is 11.6 Å². The molecule has 0 radical (unpaired) electrons. The third-order valence-corrected chi connectivity index (χ3v) is 2.96. The number of nitrogens with one attached hydrogen (secondary N) is 1. The van der Waals surface area contributed by atoms with Crippen molar-refractivity contribution in [3.8, 4) is 6.07 Å². The van der Waals surface area contributed by atoms with Crippen molar-refractivity contribution in [1.29, 1.82) is 5.26 Å². The van der Waals surface area contributed by atoms with Crippen LogP contribution in [0.2, 0.25) is 5.02 Å². The highest BCUT2D eigenvalue weighted by molar-refractivity contribution is 6.31. The molecule has 7 heteroatoms. The fourth-order valence-electron chi connectivity index (χ4n) is 1.67. The lowest BCUT2D eigenvalue weighted by Gasteiger charge is -2.22. The predicted molar refractivity (Wildman–Crippen MR) is 80.7 cm³/mol. The fraction of sp³-hybridized carbons (Fsp3) is 0.400. The molecule has 1 aromatic rings. The van der Waals surface area contributed by atoms with Crippen LogP contribution in [0.3, 0.4) is 0 Å². The van der Waals surface area contributed by atoms with Crippen LogP contribution in [-0.2, 0) is 16.0 Å². The van der Waals surface area contributed by atoms with Gasteiger partial charge in [0.15, 0.2) is 0 Å². The lowest BCUT2D eigenvalue weighted by atomic mass is 10.0. The number of hydrogen-bond donors (Lipinski definition) is 2. The number of halogens is 1. The zero-order chi connectivity index (χ0) is 16.9. The van der Waals surface area contributed by atoms with Crippen LogP contribution in [0, 0.1) is 11.3 Å². The van der Waals surface area contributed by atoms with Crippen molar-refractivity contribution in [1.82, 2.24) is 5.32 Å². The lowest BCUT2D eigenvalue weighted by Crippen LogP contribution is -2.44. The Hall–Kier alpha value is -2.26. The standard InChI is InChI=1S/C15H17ClN2O4/c1-15(2,3)22-14(21)18-12(13(19)20)7-10-6-9(8-17)4-5-11(10)16/h4-6,12H,7H2,1-3H3,(H,18,21)(H,19,20)/t12-/m0/s1. The lowest BCUT2D eigenvalue weighted by molar-refractivity contribution is -0.139. The van der Waals surface area contributed by atoms with Gasteiger partial charge in [0, 0.05) is 11.4 Å². The molecule has 22 heavy (non-hydrogen) atoms. The molecule has 0 heterocycles. The average Bonchev–Trinajstić information content (AvgIpc) is 2.38. The number of carboxylic acids is 1. The average molecular weight is 325 g/mol. The second kappa shape index (κ2) is 7.14. The summed E-state index contributed by atoms with van der Waals surface area (Å²) < 4.78 is 5.03. The maximum absolute atomic E-state index is 11.7. The van der Waals surface area contributed by atoms with Crippen LogP contribution >= 0.6 is 11.6 Å². The normalized spacial score (nSPS) is 12.1. The first-order valence-electron chi connectivity index (χ1n) is 6.53. The van der Waals surface area contributed by atoms with E-state index >= 15 is 0 Å². The molecule has 118 valence electrons. The highest BCUT2D eigenvalue weighted by Crippen LogP contribution is 2.19. The van der Waals surface area contributed by atoms with Gasteiger partial charge in [-0.15, -0.1) is 0 Å². The third-order valence-electron chi connectivity index (χ3n) is 2.59. The summed E-state index contributed by atoms with van der Waals surface area (Å²) in [5.74, 6) is -1.22. The van der Waals surface area contributed by atoms with Crippen LogP contribution in [0.15, 0.2) is 18.2 Å². The first-order chi connectivity index (χ1) is 10.1. The quantitative estimate of drug-likeness (QED) is 0.887. The molecule has 0 spiro atoms. The minimum absolute atomic E-state index is 0.0526. The number of hydrogen-bond acceptors (Lipinski definition) is 4. The molecule has 0 aliphatic heterocycles. The Morgan fingerprint density at radius 3 is 2.59 bits per heavy atom. The molecule has 6 nitrogen and oxygen atoms in total. The summed E-state index contributed by atoms with van der Waals surface area (Å²) in [6.07, 6.45) is -0.879. The first kappa shape index (κ1) is 17.8. The second-order valence-electron chi connectivity index (χ2n) is 5.66. The second-order valence-corrected chi connectivity index (χ2v) is 6.07. The van der Waals surface area contributed by atoms with E-state index in [0.717, 1.165) is 0 Å². The summed E-state index contributed by atoms with van der Waals surface area (Å²) in [4.78, 5) is 23.0. The number of carbonyl (C=O) groups excluding carboxylic acids is 1. The van der Waals surface area contributed by atoms with Gasteiger partial charge in [0.2, 0.25) is 0 Å². The maximum atomic E-state index is 11.7. The number of rotatable bonds is 4. The number of alkyl carbamates (subject to hydrolysis) is 1. The van der Waals surface area contributed by atoms with Crippen LogP contribution in [0.1, 0.15) is 31.9 Å². The molecule has 1 aromatic carbocycles. The summed E-state index contributed by atoms with van der Waals surface area (Å²) in [5, 5.41) is 20.7. The third kappa shape index (κ3) is 5.62. The highest BCUT2D eigenvalue weighted by Gasteiger charge is 2.25. The highest BCUT2D eigenvalue weighted by atomic mass is 35.5. The van der Waals surface area contributed by atoms with Crippen molar-refractivity contribution < 1.29 is 19.4 Å². The number of amides is 1. The smallest absolute Gasteiger partial charge is 0.408 e. The van der Waals surface area contributed by atoms with E-state index in [9.17, 15) is 14.7 Å². The molecule has 0 bridgehead atoms. The molecule has 2 N–H and O–H groups in total. The van der Waals surface area contributed by atoms with Crippen molar-refractivity contribution in [2.24, 2.45) is 0 Å². The van der Waals surface area contributed by atoms with Crippen LogP contribution in [0.5, 0.6) is 0 Å². The number of carboxylic acid groups (broad SMARTS) is 1. The van der Waals surface area contributed by atoms with Crippen LogP contribution < -0.4 is 5.32 Å².